The zero-order valence-electron chi connectivity index (χ0n) is 15.5. The van der Waals surface area contributed by atoms with Gasteiger partial charge in [0.2, 0.25) is 5.91 Å². The molecule has 2 amide bonds. The summed E-state index contributed by atoms with van der Waals surface area (Å²) in [6, 6.07) is 11.2. The number of piperazine rings is 1. The summed E-state index contributed by atoms with van der Waals surface area (Å²) in [5, 5.41) is 2.76. The Morgan fingerprint density at radius 2 is 1.89 bits per heavy atom. The third kappa shape index (κ3) is 4.81. The molecule has 1 aliphatic heterocycles. The van der Waals surface area contributed by atoms with E-state index in [1.807, 2.05) is 29.2 Å². The minimum absolute atomic E-state index is 0.127. The van der Waals surface area contributed by atoms with E-state index in [4.69, 9.17) is 9.15 Å². The summed E-state index contributed by atoms with van der Waals surface area (Å²) in [6.45, 7) is 3.39. The highest BCUT2D eigenvalue weighted by Gasteiger charge is 2.22. The lowest BCUT2D eigenvalue weighted by molar-refractivity contribution is -0.131. The number of hydrogen-bond donors (Lipinski definition) is 1. The van der Waals surface area contributed by atoms with Gasteiger partial charge in [-0.15, -0.1) is 0 Å². The van der Waals surface area contributed by atoms with Crippen LogP contribution in [-0.2, 0) is 4.79 Å². The van der Waals surface area contributed by atoms with E-state index < -0.39 is 0 Å². The van der Waals surface area contributed by atoms with E-state index in [1.165, 1.54) is 6.26 Å². The molecule has 1 fully saturated rings. The summed E-state index contributed by atoms with van der Waals surface area (Å²) in [5.74, 6) is 1.01. The van der Waals surface area contributed by atoms with Crippen molar-refractivity contribution in [2.24, 2.45) is 0 Å². The normalized spacial score (nSPS) is 14.1. The molecule has 1 aromatic carbocycles. The fourth-order valence-electron chi connectivity index (χ4n) is 3.18. The standard InChI is InChI=1S/C20H25N3O4/c1-26-17-7-3-2-6-16(17)22-11-13-23(14-12-22)19(24)9-4-10-21-20(25)18-8-5-15-27-18/h2-3,5-8,15H,4,9-14H2,1H3,(H,21,25). The van der Waals surface area contributed by atoms with E-state index in [-0.39, 0.29) is 17.6 Å². The molecular weight excluding hydrogens is 346 g/mol. The van der Waals surface area contributed by atoms with Crippen LogP contribution in [0.3, 0.4) is 0 Å². The second-order valence-corrected chi connectivity index (χ2v) is 6.38. The van der Waals surface area contributed by atoms with Crippen molar-refractivity contribution in [1.82, 2.24) is 10.2 Å². The van der Waals surface area contributed by atoms with Crippen molar-refractivity contribution in [1.29, 1.82) is 0 Å². The van der Waals surface area contributed by atoms with E-state index in [0.717, 1.165) is 24.5 Å². The lowest BCUT2D eigenvalue weighted by atomic mass is 10.2. The molecule has 7 nitrogen and oxygen atoms in total. The van der Waals surface area contributed by atoms with Gasteiger partial charge < -0.3 is 24.3 Å². The largest absolute Gasteiger partial charge is 0.495 e. The Balaban J connectivity index is 1.39. The topological polar surface area (TPSA) is 75.0 Å². The van der Waals surface area contributed by atoms with Crippen LogP contribution in [0.4, 0.5) is 5.69 Å². The highest BCUT2D eigenvalue weighted by Crippen LogP contribution is 2.28. The molecule has 1 N–H and O–H groups in total. The second-order valence-electron chi connectivity index (χ2n) is 6.38. The van der Waals surface area contributed by atoms with Gasteiger partial charge in [-0.3, -0.25) is 9.59 Å². The van der Waals surface area contributed by atoms with Gasteiger partial charge in [-0.25, -0.2) is 0 Å². The van der Waals surface area contributed by atoms with Crippen LogP contribution in [0.25, 0.3) is 0 Å². The Hall–Kier alpha value is -2.96. The van der Waals surface area contributed by atoms with Crippen LogP contribution in [-0.4, -0.2) is 56.5 Å². The second kappa shape index (κ2) is 9.12. The van der Waals surface area contributed by atoms with Gasteiger partial charge in [0.15, 0.2) is 5.76 Å². The smallest absolute Gasteiger partial charge is 0.286 e. The summed E-state index contributed by atoms with van der Waals surface area (Å²) >= 11 is 0. The van der Waals surface area contributed by atoms with Crippen molar-refractivity contribution in [3.05, 3.63) is 48.4 Å². The first-order valence-corrected chi connectivity index (χ1v) is 9.16. The third-order valence-corrected chi connectivity index (χ3v) is 4.66. The number of nitrogens with zero attached hydrogens (tertiary/aromatic N) is 2. The minimum atomic E-state index is -0.252. The molecule has 0 spiro atoms. The van der Waals surface area contributed by atoms with Gasteiger partial charge in [-0.05, 0) is 30.7 Å². The molecule has 2 aromatic rings. The van der Waals surface area contributed by atoms with Crippen molar-refractivity contribution in [3.8, 4) is 5.75 Å². The Kier molecular flexibility index (Phi) is 6.35. The number of methoxy groups -OCH3 is 1. The molecule has 0 radical (unpaired) electrons. The van der Waals surface area contributed by atoms with Crippen molar-refractivity contribution < 1.29 is 18.7 Å². The molecule has 0 bridgehead atoms. The number of furan rings is 1. The predicted octanol–water partition coefficient (Wildman–Crippen LogP) is 2.15. The molecule has 1 aromatic heterocycles. The monoisotopic (exact) mass is 371 g/mol. The maximum Gasteiger partial charge on any atom is 0.286 e. The van der Waals surface area contributed by atoms with Crippen molar-refractivity contribution in [2.45, 2.75) is 12.8 Å². The molecule has 3 rings (SSSR count). The lowest BCUT2D eigenvalue weighted by Gasteiger charge is -2.36. The lowest BCUT2D eigenvalue weighted by Crippen LogP contribution is -2.49. The Bertz CT molecular complexity index is 752. The van der Waals surface area contributed by atoms with Crippen LogP contribution in [0, 0.1) is 0 Å². The van der Waals surface area contributed by atoms with Gasteiger partial charge in [0.25, 0.3) is 5.91 Å². The molecule has 1 saturated heterocycles. The molecule has 0 aliphatic carbocycles. The Morgan fingerprint density at radius 1 is 1.11 bits per heavy atom. The maximum atomic E-state index is 12.4. The van der Waals surface area contributed by atoms with Gasteiger partial charge in [-0.2, -0.15) is 0 Å². The molecule has 0 unspecified atom stereocenters. The summed E-state index contributed by atoms with van der Waals surface area (Å²) in [7, 11) is 1.67. The minimum Gasteiger partial charge on any atom is -0.495 e. The third-order valence-electron chi connectivity index (χ3n) is 4.66. The van der Waals surface area contributed by atoms with Crippen molar-refractivity contribution in [3.63, 3.8) is 0 Å². The highest BCUT2D eigenvalue weighted by atomic mass is 16.5. The number of nitrogens with one attached hydrogen (secondary N) is 1. The van der Waals surface area contributed by atoms with E-state index in [9.17, 15) is 9.59 Å². The van der Waals surface area contributed by atoms with Crippen LogP contribution in [0.5, 0.6) is 5.75 Å². The zero-order valence-corrected chi connectivity index (χ0v) is 15.5. The van der Waals surface area contributed by atoms with E-state index in [0.29, 0.717) is 32.5 Å². The fourth-order valence-corrected chi connectivity index (χ4v) is 3.18. The summed E-state index contributed by atoms with van der Waals surface area (Å²) in [6.07, 6.45) is 2.49. The van der Waals surface area contributed by atoms with E-state index in [2.05, 4.69) is 10.2 Å². The number of para-hydroxylation sites is 2. The van der Waals surface area contributed by atoms with Crippen LogP contribution in [0.15, 0.2) is 47.1 Å². The molecule has 1 aliphatic rings. The molecule has 144 valence electrons. The number of hydrogen-bond acceptors (Lipinski definition) is 5. The van der Waals surface area contributed by atoms with Crippen molar-refractivity contribution >= 4 is 17.5 Å². The van der Waals surface area contributed by atoms with Crippen LogP contribution >= 0.6 is 0 Å². The van der Waals surface area contributed by atoms with E-state index in [1.54, 1.807) is 19.2 Å². The average Bonchev–Trinajstić information content (AvgIpc) is 3.26. The molecule has 0 saturated carbocycles. The number of ether oxygens (including phenoxy) is 1. The number of carbonyl (C=O) groups is 2. The first kappa shape index (κ1) is 18.8. The molecule has 7 heteroatoms. The van der Waals surface area contributed by atoms with Gasteiger partial charge in [0.05, 0.1) is 19.1 Å². The molecular formula is C20H25N3O4. The van der Waals surface area contributed by atoms with E-state index >= 15 is 0 Å². The first-order valence-electron chi connectivity index (χ1n) is 9.16. The fraction of sp³-hybridized carbons (Fsp3) is 0.400. The van der Waals surface area contributed by atoms with Gasteiger partial charge in [-0.1, -0.05) is 12.1 Å². The zero-order chi connectivity index (χ0) is 19.1. The Labute approximate surface area is 158 Å². The SMILES string of the molecule is COc1ccccc1N1CCN(C(=O)CCCNC(=O)c2ccco2)CC1. The molecule has 0 atom stereocenters. The average molecular weight is 371 g/mol. The predicted molar refractivity (Wildman–Crippen MR) is 102 cm³/mol. The first-order chi connectivity index (χ1) is 13.2. The quantitative estimate of drug-likeness (QED) is 0.755. The molecule has 27 heavy (non-hydrogen) atoms. The molecule has 2 heterocycles. The number of anilines is 1. The number of carbonyl (C=O) groups excluding carboxylic acids is 2. The van der Waals surface area contributed by atoms with Gasteiger partial charge in [0.1, 0.15) is 5.75 Å². The number of amides is 2. The maximum absolute atomic E-state index is 12.4. The number of rotatable bonds is 7. The summed E-state index contributed by atoms with van der Waals surface area (Å²) < 4.78 is 10.5. The highest BCUT2D eigenvalue weighted by molar-refractivity contribution is 5.91. The van der Waals surface area contributed by atoms with Gasteiger partial charge >= 0.3 is 0 Å². The summed E-state index contributed by atoms with van der Waals surface area (Å²) in [5.41, 5.74) is 1.06. The van der Waals surface area contributed by atoms with Gasteiger partial charge in [0, 0.05) is 39.1 Å². The Morgan fingerprint density at radius 3 is 2.59 bits per heavy atom. The van der Waals surface area contributed by atoms with Crippen LogP contribution < -0.4 is 15.0 Å². The van der Waals surface area contributed by atoms with Crippen molar-refractivity contribution in [2.75, 3.05) is 44.7 Å². The van der Waals surface area contributed by atoms with Crippen LogP contribution in [0.2, 0.25) is 0 Å². The van der Waals surface area contributed by atoms with Crippen LogP contribution in [0.1, 0.15) is 23.4 Å². The number of benzene rings is 1. The summed E-state index contributed by atoms with van der Waals surface area (Å²) in [4.78, 5) is 28.3.